The van der Waals surface area contributed by atoms with Gasteiger partial charge in [0.05, 0.1) is 5.69 Å². The van der Waals surface area contributed by atoms with Crippen LogP contribution in [0.1, 0.15) is 25.0 Å². The van der Waals surface area contributed by atoms with E-state index >= 15 is 0 Å². The van der Waals surface area contributed by atoms with Gasteiger partial charge in [0.15, 0.2) is 11.2 Å². The molecule has 50 heavy (non-hydrogen) atoms. The molecule has 0 N–H and O–H groups in total. The Kier molecular flexibility index (Phi) is 6.19. The summed E-state index contributed by atoms with van der Waals surface area (Å²) in [6.45, 7) is 4.66. The monoisotopic (exact) mass is 644 g/mol. The molecule has 0 saturated carbocycles. The number of oxazole rings is 1. The molecule has 0 aliphatic heterocycles. The van der Waals surface area contributed by atoms with Gasteiger partial charge in [-0.3, -0.25) is 0 Å². The van der Waals surface area contributed by atoms with Crippen molar-refractivity contribution in [2.45, 2.75) is 19.3 Å². The second-order valence-corrected chi connectivity index (χ2v) is 13.6. The summed E-state index contributed by atoms with van der Waals surface area (Å²) >= 11 is 0. The lowest BCUT2D eigenvalue weighted by Gasteiger charge is -2.28. The van der Waals surface area contributed by atoms with E-state index in [4.69, 9.17) is 13.8 Å². The maximum Gasteiger partial charge on any atom is 0.228 e. The molecule has 0 spiro atoms. The first kappa shape index (κ1) is 28.6. The summed E-state index contributed by atoms with van der Waals surface area (Å²) in [7, 11) is 0. The lowest BCUT2D eigenvalue weighted by molar-refractivity contribution is 0.620. The van der Waals surface area contributed by atoms with Crippen molar-refractivity contribution in [3.05, 3.63) is 169 Å². The van der Waals surface area contributed by atoms with E-state index < -0.39 is 0 Å². The summed E-state index contributed by atoms with van der Waals surface area (Å²) in [6, 6.07) is 55.4. The van der Waals surface area contributed by atoms with Crippen molar-refractivity contribution < 1.29 is 8.83 Å². The van der Waals surface area contributed by atoms with Gasteiger partial charge in [0.1, 0.15) is 11.1 Å². The zero-order valence-corrected chi connectivity index (χ0v) is 27.7. The van der Waals surface area contributed by atoms with Gasteiger partial charge in [-0.25, -0.2) is 4.98 Å². The van der Waals surface area contributed by atoms with Crippen LogP contribution in [0.4, 0.5) is 17.1 Å². The van der Waals surface area contributed by atoms with E-state index in [1.165, 1.54) is 27.8 Å². The van der Waals surface area contributed by atoms with Crippen LogP contribution in [0.5, 0.6) is 0 Å². The van der Waals surface area contributed by atoms with Crippen LogP contribution >= 0.6 is 0 Å². The molecular weight excluding hydrogens is 613 g/mol. The Morgan fingerprint density at radius 3 is 2.12 bits per heavy atom. The second kappa shape index (κ2) is 10.8. The minimum Gasteiger partial charge on any atom is -0.454 e. The predicted octanol–water partition coefficient (Wildman–Crippen LogP) is 12.8. The highest BCUT2D eigenvalue weighted by Crippen LogP contribution is 2.51. The van der Waals surface area contributed by atoms with E-state index in [0.717, 1.165) is 61.2 Å². The largest absolute Gasteiger partial charge is 0.454 e. The van der Waals surface area contributed by atoms with Crippen molar-refractivity contribution in [1.29, 1.82) is 0 Å². The van der Waals surface area contributed by atoms with Crippen LogP contribution in [0.25, 0.3) is 66.7 Å². The van der Waals surface area contributed by atoms with Crippen LogP contribution in [0.2, 0.25) is 0 Å². The number of benzene rings is 7. The molecule has 2 heterocycles. The maximum absolute atomic E-state index is 6.83. The Morgan fingerprint density at radius 2 is 1.22 bits per heavy atom. The molecule has 0 atom stereocenters. The van der Waals surface area contributed by atoms with E-state index in [-0.39, 0.29) is 5.41 Å². The number of hydrogen-bond donors (Lipinski definition) is 0. The second-order valence-electron chi connectivity index (χ2n) is 13.6. The molecule has 0 radical (unpaired) electrons. The zero-order valence-electron chi connectivity index (χ0n) is 27.7. The first-order chi connectivity index (χ1) is 24.5. The minimum absolute atomic E-state index is 0.140. The van der Waals surface area contributed by atoms with Gasteiger partial charge in [-0.15, -0.1) is 0 Å². The third-order valence-corrected chi connectivity index (χ3v) is 10.3. The molecule has 0 saturated heterocycles. The Balaban J connectivity index is 1.21. The third kappa shape index (κ3) is 4.28. The number of nitrogens with zero attached hydrogens (tertiary/aromatic N) is 2. The Bertz CT molecular complexity index is 2720. The molecule has 1 aliphatic carbocycles. The van der Waals surface area contributed by atoms with Crippen molar-refractivity contribution in [1.82, 2.24) is 4.98 Å². The molecule has 10 rings (SSSR count). The summed E-state index contributed by atoms with van der Waals surface area (Å²) < 4.78 is 13.1. The zero-order chi connectivity index (χ0) is 33.4. The van der Waals surface area contributed by atoms with Gasteiger partial charge >= 0.3 is 0 Å². The topological polar surface area (TPSA) is 42.4 Å². The fourth-order valence-corrected chi connectivity index (χ4v) is 7.89. The van der Waals surface area contributed by atoms with Gasteiger partial charge in [-0.05, 0) is 88.0 Å². The van der Waals surface area contributed by atoms with Crippen molar-refractivity contribution >= 4 is 50.1 Å². The van der Waals surface area contributed by atoms with E-state index in [2.05, 4.69) is 140 Å². The van der Waals surface area contributed by atoms with E-state index in [9.17, 15) is 0 Å². The Labute approximate surface area is 289 Å². The number of anilines is 3. The molecule has 0 fully saturated rings. The van der Waals surface area contributed by atoms with Gasteiger partial charge in [-0.2, -0.15) is 0 Å². The van der Waals surface area contributed by atoms with E-state index in [0.29, 0.717) is 5.89 Å². The van der Waals surface area contributed by atoms with Gasteiger partial charge < -0.3 is 13.7 Å². The number of furan rings is 1. The predicted molar refractivity (Wildman–Crippen MR) is 204 cm³/mol. The first-order valence-corrected chi connectivity index (χ1v) is 17.0. The van der Waals surface area contributed by atoms with Crippen LogP contribution in [0.3, 0.4) is 0 Å². The van der Waals surface area contributed by atoms with Crippen LogP contribution in [0.15, 0.2) is 167 Å². The maximum atomic E-state index is 6.83. The molecule has 0 unspecified atom stereocenters. The van der Waals surface area contributed by atoms with Gasteiger partial charge in [0.2, 0.25) is 5.89 Å². The molecular formula is C46H32N2O2. The summed E-state index contributed by atoms with van der Waals surface area (Å²) in [5, 5.41) is 1.99. The minimum atomic E-state index is -0.140. The summed E-state index contributed by atoms with van der Waals surface area (Å²) in [5.41, 5.74) is 14.6. The number of hydrogen-bond acceptors (Lipinski definition) is 4. The Morgan fingerprint density at radius 1 is 0.520 bits per heavy atom. The van der Waals surface area contributed by atoms with Crippen LogP contribution in [-0.2, 0) is 5.41 Å². The van der Waals surface area contributed by atoms with Gasteiger partial charge in [0, 0.05) is 33.1 Å². The van der Waals surface area contributed by atoms with Gasteiger partial charge in [0.25, 0.3) is 0 Å². The lowest BCUT2D eigenvalue weighted by Crippen LogP contribution is -2.16. The van der Waals surface area contributed by atoms with E-state index in [1.54, 1.807) is 0 Å². The molecule has 4 nitrogen and oxygen atoms in total. The van der Waals surface area contributed by atoms with Crippen molar-refractivity contribution in [3.63, 3.8) is 0 Å². The number of para-hydroxylation sites is 3. The average molecular weight is 645 g/mol. The number of aromatic nitrogens is 1. The highest BCUT2D eigenvalue weighted by Gasteiger charge is 2.36. The molecule has 7 aromatic carbocycles. The normalized spacial score (nSPS) is 13.2. The van der Waals surface area contributed by atoms with Gasteiger partial charge in [-0.1, -0.05) is 117 Å². The third-order valence-electron chi connectivity index (χ3n) is 10.3. The number of rotatable bonds is 5. The molecule has 1 aliphatic rings. The molecule has 2 aromatic heterocycles. The molecule has 238 valence electrons. The van der Waals surface area contributed by atoms with Crippen LogP contribution < -0.4 is 4.90 Å². The van der Waals surface area contributed by atoms with Crippen molar-refractivity contribution in [3.8, 4) is 33.7 Å². The smallest absolute Gasteiger partial charge is 0.228 e. The fraction of sp³-hybridized carbons (Fsp3) is 0.0652. The molecule has 9 aromatic rings. The first-order valence-electron chi connectivity index (χ1n) is 17.0. The molecule has 0 amide bonds. The summed E-state index contributed by atoms with van der Waals surface area (Å²) in [4.78, 5) is 7.20. The highest BCUT2D eigenvalue weighted by molar-refractivity contribution is 6.15. The van der Waals surface area contributed by atoms with Crippen molar-refractivity contribution in [2.24, 2.45) is 0 Å². The highest BCUT2D eigenvalue weighted by atomic mass is 16.3. The molecule has 0 bridgehead atoms. The quantitative estimate of drug-likeness (QED) is 0.187. The molecule has 4 heteroatoms. The average Bonchev–Trinajstić information content (AvgIpc) is 3.83. The number of fused-ring (bicyclic) bond motifs is 7. The van der Waals surface area contributed by atoms with Crippen molar-refractivity contribution in [2.75, 3.05) is 4.90 Å². The SMILES string of the molecule is CC1(C)c2ccccc2-c2ccc(N(c3cccc(-c4ccccc4)c3)c3cccc4c3oc3cccc(-c5nc6ccccc6o5)c34)cc21. The fourth-order valence-electron chi connectivity index (χ4n) is 7.89. The summed E-state index contributed by atoms with van der Waals surface area (Å²) in [5.74, 6) is 0.581. The van der Waals surface area contributed by atoms with Crippen LogP contribution in [0, 0.1) is 0 Å². The van der Waals surface area contributed by atoms with Crippen LogP contribution in [-0.4, -0.2) is 4.98 Å². The summed E-state index contributed by atoms with van der Waals surface area (Å²) in [6.07, 6.45) is 0. The standard InChI is InChI=1S/C46H32N2O2/c1-46(2)37-20-7-6-17-33(37)34-26-25-32(28-38(34)46)48(31-16-10-15-30(27-31)29-13-4-3-5-14-29)40-22-11-18-35-43-36(19-12-24-42(43)49-44(35)40)45-47-39-21-8-9-23-41(39)50-45/h3-28H,1-2H3. The van der Waals surface area contributed by atoms with E-state index in [1.807, 2.05) is 36.4 Å². The lowest BCUT2D eigenvalue weighted by atomic mass is 9.82. The Hall–Kier alpha value is -6.39.